The smallest absolute Gasteiger partial charge is 0.240 e. The van der Waals surface area contributed by atoms with E-state index in [1.165, 1.54) is 10.6 Å². The Morgan fingerprint density at radius 2 is 2.42 bits per heavy atom. The SMILES string of the molecule is CCCC(=O)NN1CC(c2ccsc2)CCCC1=O. The average molecular weight is 280 g/mol. The fourth-order valence-corrected chi connectivity index (χ4v) is 3.11. The van der Waals surface area contributed by atoms with Gasteiger partial charge in [-0.2, -0.15) is 11.3 Å². The Morgan fingerprint density at radius 3 is 3.11 bits per heavy atom. The van der Waals surface area contributed by atoms with Crippen LogP contribution < -0.4 is 5.43 Å². The van der Waals surface area contributed by atoms with Crippen LogP contribution in [0.4, 0.5) is 0 Å². The van der Waals surface area contributed by atoms with Gasteiger partial charge >= 0.3 is 0 Å². The highest BCUT2D eigenvalue weighted by Crippen LogP contribution is 2.27. The maximum Gasteiger partial charge on any atom is 0.240 e. The molecule has 5 heteroatoms. The zero-order chi connectivity index (χ0) is 13.7. The van der Waals surface area contributed by atoms with Crippen molar-refractivity contribution in [1.29, 1.82) is 0 Å². The first kappa shape index (κ1) is 14.1. The molecule has 0 aliphatic carbocycles. The molecule has 0 bridgehead atoms. The standard InChI is InChI=1S/C14H20N2O2S/c1-2-4-13(17)15-16-9-11(5-3-6-14(16)18)12-7-8-19-10-12/h7-8,10-11H,2-6,9H2,1H3,(H,15,17). The van der Waals surface area contributed by atoms with Crippen molar-refractivity contribution in [3.05, 3.63) is 22.4 Å². The Balaban J connectivity index is 2.03. The van der Waals surface area contributed by atoms with Crippen molar-refractivity contribution in [3.63, 3.8) is 0 Å². The van der Waals surface area contributed by atoms with Crippen LogP contribution in [0, 0.1) is 0 Å². The van der Waals surface area contributed by atoms with Crippen molar-refractivity contribution >= 4 is 23.2 Å². The zero-order valence-electron chi connectivity index (χ0n) is 11.2. The predicted octanol–water partition coefficient (Wildman–Crippen LogP) is 2.68. The first-order valence-corrected chi connectivity index (χ1v) is 7.77. The van der Waals surface area contributed by atoms with E-state index in [1.807, 2.05) is 6.92 Å². The Morgan fingerprint density at radius 1 is 1.58 bits per heavy atom. The second kappa shape index (κ2) is 6.70. The number of hydrazine groups is 1. The molecule has 104 valence electrons. The molecule has 1 aromatic heterocycles. The first-order valence-electron chi connectivity index (χ1n) is 6.82. The predicted molar refractivity (Wildman–Crippen MR) is 75.7 cm³/mol. The molecule has 4 nitrogen and oxygen atoms in total. The molecule has 2 heterocycles. The van der Waals surface area contributed by atoms with Crippen molar-refractivity contribution in [2.24, 2.45) is 0 Å². The van der Waals surface area contributed by atoms with Gasteiger partial charge in [-0.15, -0.1) is 0 Å². The van der Waals surface area contributed by atoms with Gasteiger partial charge < -0.3 is 0 Å². The van der Waals surface area contributed by atoms with Gasteiger partial charge in [0.05, 0.1) is 0 Å². The lowest BCUT2D eigenvalue weighted by atomic mass is 9.97. The van der Waals surface area contributed by atoms with Crippen molar-refractivity contribution in [2.75, 3.05) is 6.54 Å². The third kappa shape index (κ3) is 3.80. The molecule has 1 unspecified atom stereocenters. The second-order valence-electron chi connectivity index (χ2n) is 4.94. The summed E-state index contributed by atoms with van der Waals surface area (Å²) in [7, 11) is 0. The third-order valence-corrected chi connectivity index (χ3v) is 4.10. The molecule has 0 saturated carbocycles. The Hall–Kier alpha value is -1.36. The fourth-order valence-electron chi connectivity index (χ4n) is 2.37. The Labute approximate surface area is 117 Å². The van der Waals surface area contributed by atoms with E-state index in [1.54, 1.807) is 11.3 Å². The summed E-state index contributed by atoms with van der Waals surface area (Å²) in [5.41, 5.74) is 4.02. The van der Waals surface area contributed by atoms with E-state index in [2.05, 4.69) is 22.3 Å². The monoisotopic (exact) mass is 280 g/mol. The molecule has 0 aromatic carbocycles. The molecule has 0 spiro atoms. The Kier molecular flexibility index (Phi) is 4.96. The van der Waals surface area contributed by atoms with Crippen LogP contribution >= 0.6 is 11.3 Å². The topological polar surface area (TPSA) is 49.4 Å². The number of carbonyl (C=O) groups is 2. The summed E-state index contributed by atoms with van der Waals surface area (Å²) in [6.07, 6.45) is 3.67. The van der Waals surface area contributed by atoms with Gasteiger partial charge in [0, 0.05) is 25.3 Å². The van der Waals surface area contributed by atoms with E-state index in [9.17, 15) is 9.59 Å². The van der Waals surface area contributed by atoms with Gasteiger partial charge in [0.25, 0.3) is 0 Å². The highest BCUT2D eigenvalue weighted by atomic mass is 32.1. The zero-order valence-corrected chi connectivity index (χ0v) is 12.0. The lowest BCUT2D eigenvalue weighted by Gasteiger charge is -2.24. The van der Waals surface area contributed by atoms with E-state index in [0.717, 1.165) is 19.3 Å². The summed E-state index contributed by atoms with van der Waals surface area (Å²) < 4.78 is 0. The van der Waals surface area contributed by atoms with Crippen LogP contribution in [0.25, 0.3) is 0 Å². The van der Waals surface area contributed by atoms with Crippen LogP contribution in [0.5, 0.6) is 0 Å². The minimum Gasteiger partial charge on any atom is -0.273 e. The summed E-state index contributed by atoms with van der Waals surface area (Å²) in [6.45, 7) is 2.54. The molecule has 1 atom stereocenters. The molecule has 1 aromatic rings. The third-order valence-electron chi connectivity index (χ3n) is 3.40. The molecule has 1 fully saturated rings. The quantitative estimate of drug-likeness (QED) is 0.922. The van der Waals surface area contributed by atoms with E-state index >= 15 is 0 Å². The summed E-state index contributed by atoms with van der Waals surface area (Å²) >= 11 is 1.67. The van der Waals surface area contributed by atoms with Crippen LogP contribution in [0.3, 0.4) is 0 Å². The van der Waals surface area contributed by atoms with E-state index in [4.69, 9.17) is 0 Å². The number of hydrogen-bond donors (Lipinski definition) is 1. The van der Waals surface area contributed by atoms with Crippen molar-refractivity contribution < 1.29 is 9.59 Å². The normalized spacial score (nSPS) is 20.2. The maximum absolute atomic E-state index is 12.0. The van der Waals surface area contributed by atoms with Crippen molar-refractivity contribution in [1.82, 2.24) is 10.4 Å². The van der Waals surface area contributed by atoms with Crippen molar-refractivity contribution in [3.8, 4) is 0 Å². The molecular formula is C14H20N2O2S. The Bertz CT molecular complexity index is 431. The summed E-state index contributed by atoms with van der Waals surface area (Å²) in [5, 5.41) is 5.71. The minimum absolute atomic E-state index is 0.0298. The number of hydrogen-bond acceptors (Lipinski definition) is 3. The number of thiophene rings is 1. The van der Waals surface area contributed by atoms with Gasteiger partial charge in [0.15, 0.2) is 0 Å². The van der Waals surface area contributed by atoms with E-state index in [0.29, 0.717) is 25.3 Å². The average Bonchev–Trinajstić information content (AvgIpc) is 2.84. The summed E-state index contributed by atoms with van der Waals surface area (Å²) in [6, 6.07) is 2.11. The lowest BCUT2D eigenvalue weighted by molar-refractivity contribution is -0.141. The molecule has 1 saturated heterocycles. The van der Waals surface area contributed by atoms with Gasteiger partial charge in [0.1, 0.15) is 0 Å². The lowest BCUT2D eigenvalue weighted by Crippen LogP contribution is -2.46. The van der Waals surface area contributed by atoms with Crippen LogP contribution in [0.1, 0.15) is 50.5 Å². The number of rotatable bonds is 4. The molecule has 19 heavy (non-hydrogen) atoms. The maximum atomic E-state index is 12.0. The van der Waals surface area contributed by atoms with Crippen molar-refractivity contribution in [2.45, 2.75) is 44.9 Å². The van der Waals surface area contributed by atoms with Crippen LogP contribution in [-0.4, -0.2) is 23.4 Å². The first-order chi connectivity index (χ1) is 9.20. The van der Waals surface area contributed by atoms with Crippen LogP contribution in [0.15, 0.2) is 16.8 Å². The molecule has 2 amide bonds. The van der Waals surface area contributed by atoms with Gasteiger partial charge in [0.2, 0.25) is 11.8 Å². The van der Waals surface area contributed by atoms with Gasteiger partial charge in [-0.25, -0.2) is 0 Å². The van der Waals surface area contributed by atoms with Gasteiger partial charge in [-0.05, 0) is 41.7 Å². The number of amides is 2. The fraction of sp³-hybridized carbons (Fsp3) is 0.571. The van der Waals surface area contributed by atoms with E-state index in [-0.39, 0.29) is 11.8 Å². The number of carbonyl (C=O) groups excluding carboxylic acids is 2. The molecule has 1 N–H and O–H groups in total. The van der Waals surface area contributed by atoms with Crippen LogP contribution in [0.2, 0.25) is 0 Å². The largest absolute Gasteiger partial charge is 0.273 e. The second-order valence-corrected chi connectivity index (χ2v) is 5.72. The molecule has 0 radical (unpaired) electrons. The van der Waals surface area contributed by atoms with E-state index < -0.39 is 0 Å². The van der Waals surface area contributed by atoms with Crippen LogP contribution in [-0.2, 0) is 9.59 Å². The summed E-state index contributed by atoms with van der Waals surface area (Å²) in [5.74, 6) is 0.295. The highest BCUT2D eigenvalue weighted by molar-refractivity contribution is 7.07. The van der Waals surface area contributed by atoms with Gasteiger partial charge in [-0.3, -0.25) is 20.0 Å². The highest BCUT2D eigenvalue weighted by Gasteiger charge is 2.25. The molecular weight excluding hydrogens is 260 g/mol. The number of nitrogens with zero attached hydrogens (tertiary/aromatic N) is 1. The number of nitrogens with one attached hydrogen (secondary N) is 1. The minimum atomic E-state index is -0.0678. The van der Waals surface area contributed by atoms with Gasteiger partial charge in [-0.1, -0.05) is 6.92 Å². The summed E-state index contributed by atoms with van der Waals surface area (Å²) in [4.78, 5) is 23.6. The molecule has 1 aliphatic heterocycles. The molecule has 2 rings (SSSR count). The molecule has 1 aliphatic rings.